The third kappa shape index (κ3) is 2.96. The number of nitrogens with one attached hydrogen (secondary N) is 1. The number of hydrogen-bond donors (Lipinski definition) is 1. The van der Waals surface area contributed by atoms with Gasteiger partial charge in [-0.1, -0.05) is 6.92 Å². The smallest absolute Gasteiger partial charge is 0.261 e. The first-order valence-electron chi connectivity index (χ1n) is 6.00. The molecular formula is C14H16N2OS. The van der Waals surface area contributed by atoms with Crippen LogP contribution in [0.2, 0.25) is 0 Å². The first kappa shape index (κ1) is 12.8. The van der Waals surface area contributed by atoms with Crippen molar-refractivity contribution in [1.29, 1.82) is 0 Å². The van der Waals surface area contributed by atoms with Gasteiger partial charge in [-0.05, 0) is 43.2 Å². The Hall–Kier alpha value is -1.68. The summed E-state index contributed by atoms with van der Waals surface area (Å²) in [5, 5.41) is 2.99. The Bertz CT molecular complexity index is 522. The Morgan fingerprint density at radius 1 is 1.33 bits per heavy atom. The highest BCUT2D eigenvalue weighted by atomic mass is 32.1. The zero-order valence-corrected chi connectivity index (χ0v) is 11.3. The van der Waals surface area contributed by atoms with Gasteiger partial charge in [-0.25, -0.2) is 0 Å². The van der Waals surface area contributed by atoms with Gasteiger partial charge in [0.15, 0.2) is 0 Å². The number of aryl methyl sites for hydroxylation is 1. The Morgan fingerprint density at radius 2 is 2.06 bits per heavy atom. The number of carbonyl (C=O) groups is 1. The molecule has 0 bridgehead atoms. The van der Waals surface area contributed by atoms with E-state index in [1.165, 1.54) is 4.88 Å². The van der Waals surface area contributed by atoms with E-state index in [-0.39, 0.29) is 11.9 Å². The number of aromatic nitrogens is 1. The van der Waals surface area contributed by atoms with Crippen molar-refractivity contribution in [2.45, 2.75) is 26.3 Å². The van der Waals surface area contributed by atoms with Gasteiger partial charge in [-0.2, -0.15) is 0 Å². The molecule has 0 aliphatic rings. The zero-order valence-electron chi connectivity index (χ0n) is 10.5. The van der Waals surface area contributed by atoms with Gasteiger partial charge in [-0.3, -0.25) is 9.78 Å². The maximum Gasteiger partial charge on any atom is 0.261 e. The number of pyridine rings is 1. The number of amides is 1. The van der Waals surface area contributed by atoms with Crippen molar-refractivity contribution in [3.63, 3.8) is 0 Å². The Labute approximate surface area is 111 Å². The lowest BCUT2D eigenvalue weighted by molar-refractivity contribution is 0.0944. The highest BCUT2D eigenvalue weighted by Gasteiger charge is 2.12. The van der Waals surface area contributed by atoms with Crippen LogP contribution in [0.15, 0.2) is 36.7 Å². The SMILES string of the molecule is CCc1ccc(C(=O)N[C@@H](C)c2ccncc2)s1. The van der Waals surface area contributed by atoms with Crippen LogP contribution < -0.4 is 5.32 Å². The predicted molar refractivity (Wildman–Crippen MR) is 73.8 cm³/mol. The molecule has 0 radical (unpaired) electrons. The lowest BCUT2D eigenvalue weighted by Crippen LogP contribution is -2.25. The number of nitrogens with zero attached hydrogens (tertiary/aromatic N) is 1. The second-order valence-electron chi connectivity index (χ2n) is 4.10. The van der Waals surface area contributed by atoms with Gasteiger partial charge in [0.05, 0.1) is 10.9 Å². The minimum Gasteiger partial charge on any atom is -0.345 e. The van der Waals surface area contributed by atoms with E-state index in [1.54, 1.807) is 23.7 Å². The molecule has 0 saturated carbocycles. The number of rotatable bonds is 4. The molecule has 0 spiro atoms. The Balaban J connectivity index is 2.03. The van der Waals surface area contributed by atoms with Crippen LogP contribution in [0.5, 0.6) is 0 Å². The standard InChI is InChI=1S/C14H16N2OS/c1-3-12-4-5-13(18-12)14(17)16-10(2)11-6-8-15-9-7-11/h4-10H,3H2,1-2H3,(H,16,17)/t10-/m0/s1. The summed E-state index contributed by atoms with van der Waals surface area (Å²) in [6.07, 6.45) is 4.44. The second kappa shape index (κ2) is 5.78. The van der Waals surface area contributed by atoms with Gasteiger partial charge in [0.25, 0.3) is 5.91 Å². The van der Waals surface area contributed by atoms with E-state index in [1.807, 2.05) is 31.2 Å². The molecular weight excluding hydrogens is 244 g/mol. The molecule has 0 saturated heterocycles. The maximum atomic E-state index is 12.0. The normalized spacial score (nSPS) is 12.1. The van der Waals surface area contributed by atoms with Gasteiger partial charge in [-0.15, -0.1) is 11.3 Å². The van der Waals surface area contributed by atoms with Gasteiger partial charge >= 0.3 is 0 Å². The van der Waals surface area contributed by atoms with Crippen LogP contribution >= 0.6 is 11.3 Å². The molecule has 0 unspecified atom stereocenters. The van der Waals surface area contributed by atoms with E-state index in [9.17, 15) is 4.79 Å². The van der Waals surface area contributed by atoms with E-state index in [0.29, 0.717) is 0 Å². The quantitative estimate of drug-likeness (QED) is 0.917. The first-order chi connectivity index (χ1) is 8.70. The van der Waals surface area contributed by atoms with Gasteiger partial charge in [0, 0.05) is 17.3 Å². The summed E-state index contributed by atoms with van der Waals surface area (Å²) >= 11 is 1.55. The summed E-state index contributed by atoms with van der Waals surface area (Å²) in [6, 6.07) is 7.72. The summed E-state index contributed by atoms with van der Waals surface area (Å²) < 4.78 is 0. The molecule has 4 heteroatoms. The average Bonchev–Trinajstić information content (AvgIpc) is 2.88. The fourth-order valence-electron chi connectivity index (χ4n) is 1.69. The molecule has 2 rings (SSSR count). The topological polar surface area (TPSA) is 42.0 Å². The summed E-state index contributed by atoms with van der Waals surface area (Å²) in [5.74, 6) is -0.0102. The molecule has 2 heterocycles. The number of thiophene rings is 1. The fourth-order valence-corrected chi connectivity index (χ4v) is 2.54. The summed E-state index contributed by atoms with van der Waals surface area (Å²) in [4.78, 5) is 18.0. The van der Waals surface area contributed by atoms with Crippen molar-refractivity contribution in [2.75, 3.05) is 0 Å². The average molecular weight is 260 g/mol. The Morgan fingerprint density at radius 3 is 2.67 bits per heavy atom. The van der Waals surface area contributed by atoms with Crippen molar-refractivity contribution in [3.8, 4) is 0 Å². The summed E-state index contributed by atoms with van der Waals surface area (Å²) in [5.41, 5.74) is 1.06. The molecule has 1 atom stereocenters. The molecule has 1 amide bonds. The first-order valence-corrected chi connectivity index (χ1v) is 6.82. The molecule has 0 fully saturated rings. The van der Waals surface area contributed by atoms with Crippen LogP contribution in [0.25, 0.3) is 0 Å². The van der Waals surface area contributed by atoms with Gasteiger partial charge in [0.1, 0.15) is 0 Å². The van der Waals surface area contributed by atoms with Crippen LogP contribution in [-0.2, 0) is 6.42 Å². The van der Waals surface area contributed by atoms with Gasteiger partial charge < -0.3 is 5.32 Å². The molecule has 1 N–H and O–H groups in total. The molecule has 2 aromatic rings. The number of hydrogen-bond acceptors (Lipinski definition) is 3. The molecule has 0 aliphatic carbocycles. The van der Waals surface area contributed by atoms with Crippen molar-refractivity contribution in [2.24, 2.45) is 0 Å². The van der Waals surface area contributed by atoms with Crippen LogP contribution in [0.4, 0.5) is 0 Å². The third-order valence-electron chi connectivity index (χ3n) is 2.79. The van der Waals surface area contributed by atoms with Crippen LogP contribution in [-0.4, -0.2) is 10.9 Å². The monoisotopic (exact) mass is 260 g/mol. The van der Waals surface area contributed by atoms with Crippen molar-refractivity contribution in [1.82, 2.24) is 10.3 Å². The molecule has 3 nitrogen and oxygen atoms in total. The largest absolute Gasteiger partial charge is 0.345 e. The third-order valence-corrected chi connectivity index (χ3v) is 4.02. The van der Waals surface area contributed by atoms with E-state index < -0.39 is 0 Å². The van der Waals surface area contributed by atoms with Crippen molar-refractivity contribution < 1.29 is 4.79 Å². The molecule has 2 aromatic heterocycles. The highest BCUT2D eigenvalue weighted by Crippen LogP contribution is 2.18. The second-order valence-corrected chi connectivity index (χ2v) is 5.26. The van der Waals surface area contributed by atoms with E-state index >= 15 is 0 Å². The number of carbonyl (C=O) groups excluding carboxylic acids is 1. The van der Waals surface area contributed by atoms with Crippen LogP contribution in [0, 0.1) is 0 Å². The lowest BCUT2D eigenvalue weighted by Gasteiger charge is -2.13. The molecule has 18 heavy (non-hydrogen) atoms. The lowest BCUT2D eigenvalue weighted by atomic mass is 10.1. The molecule has 0 aliphatic heterocycles. The van der Waals surface area contributed by atoms with Crippen molar-refractivity contribution in [3.05, 3.63) is 52.0 Å². The van der Waals surface area contributed by atoms with Gasteiger partial charge in [0.2, 0.25) is 0 Å². The molecule has 0 aromatic carbocycles. The minimum absolute atomic E-state index is 0.00678. The van der Waals surface area contributed by atoms with Crippen LogP contribution in [0.1, 0.15) is 40.0 Å². The van der Waals surface area contributed by atoms with E-state index in [4.69, 9.17) is 0 Å². The predicted octanol–water partition coefficient (Wildman–Crippen LogP) is 3.20. The summed E-state index contributed by atoms with van der Waals surface area (Å²) in [7, 11) is 0. The fraction of sp³-hybridized carbons (Fsp3) is 0.286. The molecule has 94 valence electrons. The summed E-state index contributed by atoms with van der Waals surface area (Å²) in [6.45, 7) is 4.06. The maximum absolute atomic E-state index is 12.0. The highest BCUT2D eigenvalue weighted by molar-refractivity contribution is 7.14. The van der Waals surface area contributed by atoms with Crippen molar-refractivity contribution >= 4 is 17.2 Å². The minimum atomic E-state index is -0.0102. The van der Waals surface area contributed by atoms with E-state index in [2.05, 4.69) is 17.2 Å². The van der Waals surface area contributed by atoms with Crippen LogP contribution in [0.3, 0.4) is 0 Å². The van der Waals surface area contributed by atoms with E-state index in [0.717, 1.165) is 16.9 Å². The Kier molecular flexibility index (Phi) is 4.10. The zero-order chi connectivity index (χ0) is 13.0.